The van der Waals surface area contributed by atoms with Gasteiger partial charge >= 0.3 is 5.88 Å². The number of nitrogens with one attached hydrogen (secondary N) is 1. The van der Waals surface area contributed by atoms with E-state index in [4.69, 9.17) is 16.6 Å². The lowest BCUT2D eigenvalue weighted by Crippen LogP contribution is -2.06. The summed E-state index contributed by atoms with van der Waals surface area (Å²) in [7, 11) is 0. The molecule has 0 unspecified atom stereocenters. The lowest BCUT2D eigenvalue weighted by molar-refractivity contribution is -0.401. The van der Waals surface area contributed by atoms with E-state index in [2.05, 4.69) is 10.2 Å². The monoisotopic (exact) mass is 268 g/mol. The molecule has 0 aliphatic rings. The molecule has 0 spiro atoms. The number of hydrogen-bond acceptors (Lipinski definition) is 5. The summed E-state index contributed by atoms with van der Waals surface area (Å²) in [6.07, 6.45) is 0. The van der Waals surface area contributed by atoms with Crippen LogP contribution < -0.4 is 0 Å². The molecule has 0 saturated heterocycles. The first-order valence-corrected chi connectivity index (χ1v) is 5.79. The molecule has 2 rings (SSSR count). The second-order valence-electron chi connectivity index (χ2n) is 4.25. The van der Waals surface area contributed by atoms with E-state index in [-0.39, 0.29) is 5.88 Å². The van der Waals surface area contributed by atoms with Crippen molar-refractivity contribution in [1.29, 1.82) is 0 Å². The summed E-state index contributed by atoms with van der Waals surface area (Å²) in [5, 5.41) is 17.3. The van der Waals surface area contributed by atoms with Gasteiger partial charge in [-0.3, -0.25) is 19.8 Å². The van der Waals surface area contributed by atoms with Crippen molar-refractivity contribution < 1.29 is 9.34 Å². The zero-order valence-corrected chi connectivity index (χ0v) is 10.7. The Morgan fingerprint density at radius 3 is 2.89 bits per heavy atom. The van der Waals surface area contributed by atoms with E-state index in [1.54, 1.807) is 4.57 Å². The van der Waals surface area contributed by atoms with Crippen LogP contribution in [0.3, 0.4) is 0 Å². The van der Waals surface area contributed by atoms with Crippen LogP contribution in [0.1, 0.15) is 13.8 Å². The highest BCUT2D eigenvalue weighted by Crippen LogP contribution is 2.25. The van der Waals surface area contributed by atoms with E-state index in [1.165, 1.54) is 12.1 Å². The first-order chi connectivity index (χ1) is 8.49. The second-order valence-corrected chi connectivity index (χ2v) is 4.64. The fourth-order valence-corrected chi connectivity index (χ4v) is 1.79. The van der Waals surface area contributed by atoms with E-state index >= 15 is 0 Å². The molecule has 2 heterocycles. The van der Waals surface area contributed by atoms with Crippen LogP contribution in [-0.4, -0.2) is 19.7 Å². The Labute approximate surface area is 108 Å². The molecular formula is C10H12N4O3S. The number of nitro groups is 1. The highest BCUT2D eigenvalue weighted by atomic mass is 32.1. The maximum absolute atomic E-state index is 10.6. The van der Waals surface area contributed by atoms with Gasteiger partial charge in [0.15, 0.2) is 16.4 Å². The third-order valence-electron chi connectivity index (χ3n) is 2.30. The van der Waals surface area contributed by atoms with Crippen molar-refractivity contribution in [3.63, 3.8) is 0 Å². The van der Waals surface area contributed by atoms with Crippen LogP contribution in [0.15, 0.2) is 16.5 Å². The number of H-pyrrole nitrogens is 1. The van der Waals surface area contributed by atoms with Gasteiger partial charge in [0.25, 0.3) is 0 Å². The highest BCUT2D eigenvalue weighted by molar-refractivity contribution is 7.71. The molecule has 0 aliphatic heterocycles. The maximum Gasteiger partial charge on any atom is 0.433 e. The van der Waals surface area contributed by atoms with Crippen LogP contribution in [-0.2, 0) is 6.54 Å². The molecule has 0 radical (unpaired) electrons. The topological polar surface area (TPSA) is 89.9 Å². The molecule has 2 aromatic rings. The largest absolute Gasteiger partial charge is 0.433 e. The fraction of sp³-hybridized carbons (Fsp3) is 0.400. The number of nitrogens with zero attached hydrogens (tertiary/aromatic N) is 3. The number of aromatic amines is 1. The SMILES string of the molecule is CC(C)Cn1c(-c2ccc([N+](=O)[O-])o2)n[nH]c1=S. The van der Waals surface area contributed by atoms with Crippen molar-refractivity contribution in [2.24, 2.45) is 5.92 Å². The summed E-state index contributed by atoms with van der Waals surface area (Å²) in [4.78, 5) is 9.98. The third kappa shape index (κ3) is 2.33. The summed E-state index contributed by atoms with van der Waals surface area (Å²) in [5.41, 5.74) is 0. The van der Waals surface area contributed by atoms with Crippen molar-refractivity contribution in [2.45, 2.75) is 20.4 Å². The van der Waals surface area contributed by atoms with E-state index in [0.717, 1.165) is 0 Å². The van der Waals surface area contributed by atoms with Crippen LogP contribution in [0, 0.1) is 20.8 Å². The molecule has 0 amide bonds. The van der Waals surface area contributed by atoms with Crippen molar-refractivity contribution in [3.8, 4) is 11.6 Å². The third-order valence-corrected chi connectivity index (χ3v) is 2.61. The fourth-order valence-electron chi connectivity index (χ4n) is 1.59. The van der Waals surface area contributed by atoms with Gasteiger partial charge in [0.2, 0.25) is 0 Å². The first-order valence-electron chi connectivity index (χ1n) is 5.39. The highest BCUT2D eigenvalue weighted by Gasteiger charge is 2.18. The second kappa shape index (κ2) is 4.73. The summed E-state index contributed by atoms with van der Waals surface area (Å²) in [6.45, 7) is 4.76. The molecule has 0 bridgehead atoms. The van der Waals surface area contributed by atoms with Gasteiger partial charge in [-0.15, -0.1) is 0 Å². The molecule has 7 nitrogen and oxygen atoms in total. The van der Waals surface area contributed by atoms with Gasteiger partial charge in [-0.2, -0.15) is 5.10 Å². The summed E-state index contributed by atoms with van der Waals surface area (Å²) < 4.78 is 7.35. The van der Waals surface area contributed by atoms with Gasteiger partial charge in [0.05, 0.1) is 6.07 Å². The molecule has 0 fully saturated rings. The van der Waals surface area contributed by atoms with Crippen molar-refractivity contribution in [3.05, 3.63) is 27.0 Å². The van der Waals surface area contributed by atoms with Crippen LogP contribution in [0.5, 0.6) is 0 Å². The van der Waals surface area contributed by atoms with Crippen molar-refractivity contribution in [1.82, 2.24) is 14.8 Å². The minimum absolute atomic E-state index is 0.310. The minimum Gasteiger partial charge on any atom is -0.397 e. The molecule has 0 saturated carbocycles. The quantitative estimate of drug-likeness (QED) is 0.523. The summed E-state index contributed by atoms with van der Waals surface area (Å²) >= 11 is 5.12. The Bertz CT molecular complexity index is 625. The standard InChI is InChI=1S/C10H12N4O3S/c1-6(2)5-13-9(11-12-10(13)18)7-3-4-8(17-7)14(15)16/h3-4,6H,5H2,1-2H3,(H,12,18). The van der Waals surface area contributed by atoms with E-state index in [9.17, 15) is 10.1 Å². The van der Waals surface area contributed by atoms with Gasteiger partial charge in [-0.1, -0.05) is 13.8 Å². The van der Waals surface area contributed by atoms with Gasteiger partial charge in [0, 0.05) is 6.54 Å². The first kappa shape index (κ1) is 12.5. The Balaban J connectivity index is 2.43. The van der Waals surface area contributed by atoms with Gasteiger partial charge in [-0.25, -0.2) is 0 Å². The lowest BCUT2D eigenvalue weighted by Gasteiger charge is -2.07. The Kier molecular flexibility index (Phi) is 3.28. The average Bonchev–Trinajstić information content (AvgIpc) is 2.86. The molecule has 1 N–H and O–H groups in total. The molecule has 18 heavy (non-hydrogen) atoms. The van der Waals surface area contributed by atoms with E-state index < -0.39 is 4.92 Å². The Morgan fingerprint density at radius 2 is 2.33 bits per heavy atom. The lowest BCUT2D eigenvalue weighted by atomic mass is 10.2. The van der Waals surface area contributed by atoms with Crippen LogP contribution in [0.2, 0.25) is 0 Å². The van der Waals surface area contributed by atoms with Crippen LogP contribution in [0.4, 0.5) is 5.88 Å². The zero-order chi connectivity index (χ0) is 13.3. The number of aromatic nitrogens is 3. The number of hydrogen-bond donors (Lipinski definition) is 1. The normalized spacial score (nSPS) is 11.1. The predicted octanol–water partition coefficient (Wildman–Crippen LogP) is 2.76. The minimum atomic E-state index is -0.586. The average molecular weight is 268 g/mol. The van der Waals surface area contributed by atoms with E-state index in [0.29, 0.717) is 28.8 Å². The van der Waals surface area contributed by atoms with Gasteiger partial charge < -0.3 is 4.42 Å². The Morgan fingerprint density at radius 1 is 1.61 bits per heavy atom. The van der Waals surface area contributed by atoms with Crippen molar-refractivity contribution >= 4 is 18.1 Å². The van der Waals surface area contributed by atoms with E-state index in [1.807, 2.05) is 13.8 Å². The van der Waals surface area contributed by atoms with Crippen LogP contribution >= 0.6 is 12.2 Å². The van der Waals surface area contributed by atoms with Gasteiger partial charge in [0.1, 0.15) is 4.92 Å². The summed E-state index contributed by atoms with van der Waals surface area (Å²) in [6, 6.07) is 2.81. The van der Waals surface area contributed by atoms with Crippen LogP contribution in [0.25, 0.3) is 11.6 Å². The molecule has 2 aromatic heterocycles. The molecule has 0 atom stereocenters. The summed E-state index contributed by atoms with van der Waals surface area (Å²) in [5.74, 6) is 0.865. The molecule has 0 aromatic carbocycles. The zero-order valence-electron chi connectivity index (χ0n) is 9.91. The van der Waals surface area contributed by atoms with Gasteiger partial charge in [-0.05, 0) is 24.2 Å². The van der Waals surface area contributed by atoms with Crippen molar-refractivity contribution in [2.75, 3.05) is 0 Å². The number of furan rings is 1. The molecular weight excluding hydrogens is 256 g/mol. The molecule has 0 aliphatic carbocycles. The molecule has 96 valence electrons. The Hall–Kier alpha value is -1.96. The number of rotatable bonds is 4. The maximum atomic E-state index is 10.6. The molecule has 8 heteroatoms. The smallest absolute Gasteiger partial charge is 0.397 e. The predicted molar refractivity (Wildman–Crippen MR) is 66.6 cm³/mol.